The molecule has 0 aromatic carbocycles. The summed E-state index contributed by atoms with van der Waals surface area (Å²) in [6.07, 6.45) is 5.54. The molecule has 2 saturated carbocycles. The molecule has 3 aliphatic rings. The molecule has 3 atom stereocenters. The van der Waals surface area contributed by atoms with E-state index in [1.165, 1.54) is 12.8 Å². The molecule has 2 amide bonds. The van der Waals surface area contributed by atoms with E-state index in [0.29, 0.717) is 18.4 Å². The van der Waals surface area contributed by atoms with E-state index in [2.05, 4.69) is 0 Å². The Kier molecular flexibility index (Phi) is 3.15. The van der Waals surface area contributed by atoms with Crippen molar-refractivity contribution >= 4 is 12.0 Å². The highest BCUT2D eigenvalue weighted by molar-refractivity contribution is 5.83. The van der Waals surface area contributed by atoms with E-state index in [1.807, 2.05) is 0 Å². The number of carboxylic acid groups (broad SMARTS) is 1. The maximum absolute atomic E-state index is 12.4. The number of rotatable bonds is 3. The minimum Gasteiger partial charge on any atom is -0.480 e. The largest absolute Gasteiger partial charge is 0.480 e. The smallest absolute Gasteiger partial charge is 0.326 e. The van der Waals surface area contributed by atoms with Gasteiger partial charge in [-0.15, -0.1) is 0 Å². The second kappa shape index (κ2) is 4.69. The van der Waals surface area contributed by atoms with E-state index in [-0.39, 0.29) is 11.9 Å². The Morgan fingerprint density at radius 1 is 1.26 bits per heavy atom. The Balaban J connectivity index is 1.71. The standard InChI is InChI=1S/C14H22N2O3/c1-15(7-9-5-6-9)14(19)16-8-10-3-2-4-11(10)12(16)13(17)18/h9-12H,2-8H2,1H3,(H,17,18). The summed E-state index contributed by atoms with van der Waals surface area (Å²) in [6, 6.07) is -0.685. The molecule has 0 aromatic rings. The molecular weight excluding hydrogens is 244 g/mol. The van der Waals surface area contributed by atoms with Crippen LogP contribution in [0.25, 0.3) is 0 Å². The van der Waals surface area contributed by atoms with Crippen molar-refractivity contribution in [2.75, 3.05) is 20.1 Å². The molecule has 3 unspecified atom stereocenters. The summed E-state index contributed by atoms with van der Waals surface area (Å²) in [5.41, 5.74) is 0. The molecule has 0 aromatic heterocycles. The van der Waals surface area contributed by atoms with Crippen molar-refractivity contribution < 1.29 is 14.7 Å². The van der Waals surface area contributed by atoms with Gasteiger partial charge in [-0.05, 0) is 43.4 Å². The Hall–Kier alpha value is -1.26. The van der Waals surface area contributed by atoms with Gasteiger partial charge in [-0.3, -0.25) is 0 Å². The third kappa shape index (κ3) is 2.30. The minimum absolute atomic E-state index is 0.0892. The molecule has 1 saturated heterocycles. The predicted octanol–water partition coefficient (Wildman–Crippen LogP) is 1.63. The summed E-state index contributed by atoms with van der Waals surface area (Å²) in [4.78, 5) is 27.3. The molecule has 106 valence electrons. The van der Waals surface area contributed by atoms with Gasteiger partial charge in [0, 0.05) is 20.1 Å². The van der Waals surface area contributed by atoms with Crippen LogP contribution in [0.3, 0.4) is 0 Å². The third-order valence-corrected chi connectivity index (χ3v) is 4.94. The quantitative estimate of drug-likeness (QED) is 0.844. The fraction of sp³-hybridized carbons (Fsp3) is 0.857. The van der Waals surface area contributed by atoms with E-state index in [1.54, 1.807) is 16.8 Å². The van der Waals surface area contributed by atoms with E-state index in [0.717, 1.165) is 25.8 Å². The fourth-order valence-electron chi connectivity index (χ4n) is 3.80. The Bertz CT molecular complexity index is 394. The molecular formula is C14H22N2O3. The highest BCUT2D eigenvalue weighted by atomic mass is 16.4. The maximum Gasteiger partial charge on any atom is 0.326 e. The number of hydrogen-bond acceptors (Lipinski definition) is 2. The number of aliphatic carboxylic acids is 1. The van der Waals surface area contributed by atoms with Crippen LogP contribution in [-0.4, -0.2) is 53.1 Å². The van der Waals surface area contributed by atoms with Crippen molar-refractivity contribution in [3.8, 4) is 0 Å². The van der Waals surface area contributed by atoms with Gasteiger partial charge in [0.05, 0.1) is 0 Å². The van der Waals surface area contributed by atoms with Crippen molar-refractivity contribution in [3.05, 3.63) is 0 Å². The zero-order valence-electron chi connectivity index (χ0n) is 11.4. The van der Waals surface area contributed by atoms with E-state index in [9.17, 15) is 14.7 Å². The van der Waals surface area contributed by atoms with Gasteiger partial charge in [0.2, 0.25) is 0 Å². The summed E-state index contributed by atoms with van der Waals surface area (Å²) in [7, 11) is 1.80. The first-order valence-corrected chi connectivity index (χ1v) is 7.32. The lowest BCUT2D eigenvalue weighted by molar-refractivity contribution is -0.142. The molecule has 1 heterocycles. The summed E-state index contributed by atoms with van der Waals surface area (Å²) in [5.74, 6) is 0.386. The lowest BCUT2D eigenvalue weighted by Crippen LogP contribution is -2.48. The molecule has 5 heteroatoms. The topological polar surface area (TPSA) is 60.9 Å². The minimum atomic E-state index is -0.831. The summed E-state index contributed by atoms with van der Waals surface area (Å²) < 4.78 is 0. The number of carboxylic acids is 1. The van der Waals surface area contributed by atoms with Gasteiger partial charge in [-0.1, -0.05) is 6.42 Å². The molecule has 3 fully saturated rings. The van der Waals surface area contributed by atoms with Crippen LogP contribution in [0.1, 0.15) is 32.1 Å². The van der Waals surface area contributed by atoms with Crippen LogP contribution >= 0.6 is 0 Å². The third-order valence-electron chi connectivity index (χ3n) is 4.94. The Labute approximate surface area is 113 Å². The maximum atomic E-state index is 12.4. The molecule has 0 radical (unpaired) electrons. The second-order valence-corrected chi connectivity index (χ2v) is 6.40. The number of nitrogens with zero attached hydrogens (tertiary/aromatic N) is 2. The highest BCUT2D eigenvalue weighted by Gasteiger charge is 2.50. The monoisotopic (exact) mass is 266 g/mol. The first-order valence-electron chi connectivity index (χ1n) is 7.32. The highest BCUT2D eigenvalue weighted by Crippen LogP contribution is 2.42. The number of likely N-dealkylation sites (tertiary alicyclic amines) is 1. The van der Waals surface area contributed by atoms with Crippen molar-refractivity contribution in [2.45, 2.75) is 38.1 Å². The Morgan fingerprint density at radius 3 is 2.63 bits per heavy atom. The first kappa shape index (κ1) is 12.8. The van der Waals surface area contributed by atoms with Crippen molar-refractivity contribution in [1.29, 1.82) is 0 Å². The average molecular weight is 266 g/mol. The van der Waals surface area contributed by atoms with Gasteiger partial charge in [0.1, 0.15) is 6.04 Å². The van der Waals surface area contributed by atoms with Crippen molar-refractivity contribution in [1.82, 2.24) is 9.80 Å². The zero-order chi connectivity index (χ0) is 13.6. The van der Waals surface area contributed by atoms with E-state index >= 15 is 0 Å². The van der Waals surface area contributed by atoms with Crippen LogP contribution < -0.4 is 0 Å². The molecule has 5 nitrogen and oxygen atoms in total. The number of carbonyl (C=O) groups excluding carboxylic acids is 1. The number of amides is 2. The SMILES string of the molecule is CN(CC1CC1)C(=O)N1CC2CCCC2C1C(=O)O. The number of urea groups is 1. The van der Waals surface area contributed by atoms with Crippen molar-refractivity contribution in [2.24, 2.45) is 17.8 Å². The second-order valence-electron chi connectivity index (χ2n) is 6.40. The lowest BCUT2D eigenvalue weighted by atomic mass is 9.94. The molecule has 1 aliphatic heterocycles. The van der Waals surface area contributed by atoms with E-state index < -0.39 is 12.0 Å². The molecule has 0 spiro atoms. The summed E-state index contributed by atoms with van der Waals surface area (Å²) in [5, 5.41) is 9.44. The first-order chi connectivity index (χ1) is 9.08. The van der Waals surface area contributed by atoms with Gasteiger partial charge in [0.25, 0.3) is 0 Å². The molecule has 2 aliphatic carbocycles. The molecule has 0 bridgehead atoms. The van der Waals surface area contributed by atoms with Crippen LogP contribution in [0.15, 0.2) is 0 Å². The van der Waals surface area contributed by atoms with Crippen LogP contribution in [0.5, 0.6) is 0 Å². The van der Waals surface area contributed by atoms with Gasteiger partial charge in [-0.25, -0.2) is 9.59 Å². The van der Waals surface area contributed by atoms with Crippen LogP contribution in [0.2, 0.25) is 0 Å². The van der Waals surface area contributed by atoms with Gasteiger partial charge in [-0.2, -0.15) is 0 Å². The number of fused-ring (bicyclic) bond motifs is 1. The van der Waals surface area contributed by atoms with Crippen LogP contribution in [0, 0.1) is 17.8 Å². The van der Waals surface area contributed by atoms with Gasteiger partial charge < -0.3 is 14.9 Å². The van der Waals surface area contributed by atoms with Crippen LogP contribution in [-0.2, 0) is 4.79 Å². The van der Waals surface area contributed by atoms with Gasteiger partial charge in [0.15, 0.2) is 0 Å². The lowest BCUT2D eigenvalue weighted by Gasteiger charge is -2.29. The molecule has 3 rings (SSSR count). The summed E-state index contributed by atoms with van der Waals surface area (Å²) >= 11 is 0. The normalized spacial score (nSPS) is 33.3. The van der Waals surface area contributed by atoms with Crippen molar-refractivity contribution in [3.63, 3.8) is 0 Å². The van der Waals surface area contributed by atoms with Crippen LogP contribution in [0.4, 0.5) is 4.79 Å². The fourth-order valence-corrected chi connectivity index (χ4v) is 3.80. The average Bonchev–Trinajstić information content (AvgIpc) is 2.92. The molecule has 1 N–H and O–H groups in total. The molecule has 19 heavy (non-hydrogen) atoms. The zero-order valence-corrected chi connectivity index (χ0v) is 11.4. The Morgan fingerprint density at radius 2 is 2.00 bits per heavy atom. The predicted molar refractivity (Wildman–Crippen MR) is 69.7 cm³/mol. The number of carbonyl (C=O) groups is 2. The summed E-state index contributed by atoms with van der Waals surface area (Å²) in [6.45, 7) is 1.41. The van der Waals surface area contributed by atoms with Gasteiger partial charge >= 0.3 is 12.0 Å². The number of hydrogen-bond donors (Lipinski definition) is 1. The van der Waals surface area contributed by atoms with E-state index in [4.69, 9.17) is 0 Å².